The fourth-order valence-electron chi connectivity index (χ4n) is 2.54. The van der Waals surface area contributed by atoms with Crippen molar-refractivity contribution in [2.45, 2.75) is 20.5 Å². The lowest BCUT2D eigenvalue weighted by Crippen LogP contribution is -2.35. The van der Waals surface area contributed by atoms with Crippen molar-refractivity contribution < 1.29 is 14.3 Å². The van der Waals surface area contributed by atoms with Gasteiger partial charge in [0.25, 0.3) is 5.91 Å². The molecule has 0 aliphatic rings. The quantitative estimate of drug-likeness (QED) is 0.879. The first kappa shape index (κ1) is 18.7. The Morgan fingerprint density at radius 3 is 2.56 bits per heavy atom. The molecular formula is C20H24N2O3. The predicted octanol–water partition coefficient (Wildman–Crippen LogP) is 3.16. The third kappa shape index (κ3) is 4.90. The van der Waals surface area contributed by atoms with Crippen LogP contribution in [-0.2, 0) is 16.1 Å². The van der Waals surface area contributed by atoms with Crippen LogP contribution >= 0.6 is 0 Å². The van der Waals surface area contributed by atoms with E-state index in [1.807, 2.05) is 44.2 Å². The van der Waals surface area contributed by atoms with Gasteiger partial charge in [0.05, 0.1) is 13.2 Å². The average Bonchev–Trinajstić information content (AvgIpc) is 2.58. The second-order valence-electron chi connectivity index (χ2n) is 6.09. The average molecular weight is 340 g/mol. The third-order valence-corrected chi connectivity index (χ3v) is 4.09. The molecule has 0 unspecified atom stereocenters. The zero-order valence-electron chi connectivity index (χ0n) is 15.1. The van der Waals surface area contributed by atoms with E-state index in [1.54, 1.807) is 26.3 Å². The van der Waals surface area contributed by atoms with E-state index < -0.39 is 0 Å². The van der Waals surface area contributed by atoms with Crippen molar-refractivity contribution in [2.75, 3.05) is 26.0 Å². The Morgan fingerprint density at radius 2 is 1.84 bits per heavy atom. The monoisotopic (exact) mass is 340 g/mol. The van der Waals surface area contributed by atoms with Crippen molar-refractivity contribution in [3.8, 4) is 0 Å². The van der Waals surface area contributed by atoms with Crippen molar-refractivity contribution in [1.82, 2.24) is 4.90 Å². The summed E-state index contributed by atoms with van der Waals surface area (Å²) in [6, 6.07) is 13.0. The number of rotatable bonds is 6. The number of hydrogen-bond acceptors (Lipinski definition) is 3. The summed E-state index contributed by atoms with van der Waals surface area (Å²) >= 11 is 0. The van der Waals surface area contributed by atoms with E-state index in [-0.39, 0.29) is 18.4 Å². The standard InChI is InChI=1S/C20H24N2O3/c1-14-7-5-10-18(15(14)2)21-19(23)12-22(3)20(24)17-9-6-8-16(11-17)13-25-4/h5-11H,12-13H2,1-4H3,(H,21,23). The number of carbonyl (C=O) groups is 2. The normalized spacial score (nSPS) is 10.4. The first-order valence-corrected chi connectivity index (χ1v) is 8.11. The van der Waals surface area contributed by atoms with Crippen LogP contribution in [0.5, 0.6) is 0 Å². The van der Waals surface area contributed by atoms with Gasteiger partial charge >= 0.3 is 0 Å². The molecule has 0 aromatic heterocycles. The van der Waals surface area contributed by atoms with E-state index in [2.05, 4.69) is 5.32 Å². The largest absolute Gasteiger partial charge is 0.380 e. The molecule has 0 saturated heterocycles. The maximum atomic E-state index is 12.5. The van der Waals surface area contributed by atoms with Crippen molar-refractivity contribution in [2.24, 2.45) is 0 Å². The highest BCUT2D eigenvalue weighted by Crippen LogP contribution is 2.18. The van der Waals surface area contributed by atoms with Crippen LogP contribution in [0, 0.1) is 13.8 Å². The van der Waals surface area contributed by atoms with Gasteiger partial charge in [-0.15, -0.1) is 0 Å². The smallest absolute Gasteiger partial charge is 0.254 e. The number of nitrogens with zero attached hydrogens (tertiary/aromatic N) is 1. The molecule has 0 heterocycles. The van der Waals surface area contributed by atoms with E-state index in [4.69, 9.17) is 4.74 Å². The van der Waals surface area contributed by atoms with Crippen LogP contribution in [0.3, 0.4) is 0 Å². The first-order valence-electron chi connectivity index (χ1n) is 8.11. The van der Waals surface area contributed by atoms with Crippen molar-refractivity contribution in [3.63, 3.8) is 0 Å². The molecule has 0 aliphatic carbocycles. The molecule has 5 heteroatoms. The lowest BCUT2D eigenvalue weighted by Gasteiger charge is -2.18. The van der Waals surface area contributed by atoms with E-state index >= 15 is 0 Å². The molecule has 0 aliphatic heterocycles. The van der Waals surface area contributed by atoms with Gasteiger partial charge in [-0.25, -0.2) is 0 Å². The number of methoxy groups -OCH3 is 1. The number of benzene rings is 2. The summed E-state index contributed by atoms with van der Waals surface area (Å²) in [6.07, 6.45) is 0. The van der Waals surface area contributed by atoms with Crippen molar-refractivity contribution in [3.05, 3.63) is 64.7 Å². The molecule has 0 atom stereocenters. The Balaban J connectivity index is 2.02. The Hall–Kier alpha value is -2.66. The number of amides is 2. The summed E-state index contributed by atoms with van der Waals surface area (Å²) in [4.78, 5) is 26.2. The lowest BCUT2D eigenvalue weighted by molar-refractivity contribution is -0.116. The molecule has 132 valence electrons. The van der Waals surface area contributed by atoms with Crippen LogP contribution in [0.15, 0.2) is 42.5 Å². The number of nitrogens with one attached hydrogen (secondary N) is 1. The zero-order chi connectivity index (χ0) is 18.4. The predicted molar refractivity (Wildman–Crippen MR) is 98.7 cm³/mol. The van der Waals surface area contributed by atoms with E-state index in [9.17, 15) is 9.59 Å². The summed E-state index contributed by atoms with van der Waals surface area (Å²) in [6.45, 7) is 4.38. The molecule has 2 aromatic rings. The van der Waals surface area contributed by atoms with Gasteiger partial charge in [0.2, 0.25) is 5.91 Å². The fourth-order valence-corrected chi connectivity index (χ4v) is 2.54. The molecule has 0 fully saturated rings. The van der Waals surface area contributed by atoms with Crippen molar-refractivity contribution >= 4 is 17.5 Å². The van der Waals surface area contributed by atoms with Gasteiger partial charge in [-0.3, -0.25) is 9.59 Å². The van der Waals surface area contributed by atoms with E-state index in [0.29, 0.717) is 12.2 Å². The number of hydrogen-bond donors (Lipinski definition) is 1. The summed E-state index contributed by atoms with van der Waals surface area (Å²) < 4.78 is 5.09. The van der Waals surface area contributed by atoms with Crippen LogP contribution in [-0.4, -0.2) is 37.4 Å². The second-order valence-corrected chi connectivity index (χ2v) is 6.09. The van der Waals surface area contributed by atoms with Gasteiger partial charge in [0.1, 0.15) is 0 Å². The lowest BCUT2D eigenvalue weighted by atomic mass is 10.1. The number of ether oxygens (including phenoxy) is 1. The van der Waals surface area contributed by atoms with Crippen LogP contribution < -0.4 is 5.32 Å². The minimum Gasteiger partial charge on any atom is -0.380 e. The van der Waals surface area contributed by atoms with Gasteiger partial charge in [-0.1, -0.05) is 24.3 Å². The molecule has 0 spiro atoms. The van der Waals surface area contributed by atoms with Gasteiger partial charge in [0.15, 0.2) is 0 Å². The van der Waals surface area contributed by atoms with Gasteiger partial charge in [0, 0.05) is 25.4 Å². The summed E-state index contributed by atoms with van der Waals surface area (Å²) in [5, 5.41) is 2.87. The molecule has 5 nitrogen and oxygen atoms in total. The summed E-state index contributed by atoms with van der Waals surface area (Å²) in [5.74, 6) is -0.424. The molecule has 2 amide bonds. The zero-order valence-corrected chi connectivity index (χ0v) is 15.1. The Morgan fingerprint density at radius 1 is 1.12 bits per heavy atom. The summed E-state index contributed by atoms with van der Waals surface area (Å²) in [5.41, 5.74) is 4.36. The molecule has 2 rings (SSSR count). The molecule has 0 radical (unpaired) electrons. The van der Waals surface area contributed by atoms with Gasteiger partial charge in [-0.05, 0) is 48.7 Å². The van der Waals surface area contributed by atoms with E-state index in [0.717, 1.165) is 22.4 Å². The molecule has 0 saturated carbocycles. The maximum Gasteiger partial charge on any atom is 0.254 e. The van der Waals surface area contributed by atoms with Gasteiger partial charge in [-0.2, -0.15) is 0 Å². The van der Waals surface area contributed by atoms with Crippen LogP contribution in [0.25, 0.3) is 0 Å². The highest BCUT2D eigenvalue weighted by molar-refractivity contribution is 5.99. The Kier molecular flexibility index (Phi) is 6.31. The van der Waals surface area contributed by atoms with Crippen molar-refractivity contribution in [1.29, 1.82) is 0 Å². The van der Waals surface area contributed by atoms with Crippen LogP contribution in [0.4, 0.5) is 5.69 Å². The molecule has 0 bridgehead atoms. The molecule has 2 aromatic carbocycles. The highest BCUT2D eigenvalue weighted by Gasteiger charge is 2.16. The van der Waals surface area contributed by atoms with Gasteiger partial charge < -0.3 is 15.0 Å². The number of likely N-dealkylation sites (N-methyl/N-ethyl adjacent to an activating group) is 1. The molecular weight excluding hydrogens is 316 g/mol. The number of carbonyl (C=O) groups excluding carboxylic acids is 2. The number of anilines is 1. The number of aryl methyl sites for hydroxylation is 1. The molecule has 25 heavy (non-hydrogen) atoms. The molecule has 1 N–H and O–H groups in total. The fraction of sp³-hybridized carbons (Fsp3) is 0.300. The minimum absolute atomic E-state index is 0.0132. The first-order chi connectivity index (χ1) is 11.9. The second kappa shape index (κ2) is 8.44. The van der Waals surface area contributed by atoms with E-state index in [1.165, 1.54) is 4.90 Å². The SMILES string of the molecule is COCc1cccc(C(=O)N(C)CC(=O)Nc2cccc(C)c2C)c1. The van der Waals surface area contributed by atoms with Crippen LogP contribution in [0.2, 0.25) is 0 Å². The summed E-state index contributed by atoms with van der Waals surface area (Å²) in [7, 11) is 3.23. The Labute approximate surface area is 148 Å². The Bertz CT molecular complexity index is 771. The topological polar surface area (TPSA) is 58.6 Å². The third-order valence-electron chi connectivity index (χ3n) is 4.09. The minimum atomic E-state index is -0.224. The maximum absolute atomic E-state index is 12.5. The van der Waals surface area contributed by atoms with Crippen LogP contribution in [0.1, 0.15) is 27.0 Å². The highest BCUT2D eigenvalue weighted by atomic mass is 16.5.